The summed E-state index contributed by atoms with van der Waals surface area (Å²) >= 11 is 0. The van der Waals surface area contributed by atoms with Gasteiger partial charge in [-0.05, 0) is 78.7 Å². The van der Waals surface area contributed by atoms with Gasteiger partial charge in [-0.15, -0.1) is 0 Å². The van der Waals surface area contributed by atoms with Crippen LogP contribution in [0.15, 0.2) is 45.6 Å². The first-order valence-electron chi connectivity index (χ1n) is 16.8. The molecular weight excluding hydrogens is 662 g/mol. The molecule has 3 aromatic rings. The highest BCUT2D eigenvalue weighted by Gasteiger charge is 2.40. The highest BCUT2D eigenvalue weighted by molar-refractivity contribution is 6.12. The topological polar surface area (TPSA) is 77.9 Å². The van der Waals surface area contributed by atoms with Gasteiger partial charge in [-0.1, -0.05) is 12.2 Å². The van der Waals surface area contributed by atoms with Crippen LogP contribution in [-0.4, -0.2) is 35.2 Å². The van der Waals surface area contributed by atoms with E-state index < -0.39 is 57.0 Å². The Hall–Kier alpha value is -5.19. The summed E-state index contributed by atoms with van der Waals surface area (Å²) in [6.07, 6.45) is 4.17. The van der Waals surface area contributed by atoms with E-state index in [4.69, 9.17) is 4.42 Å². The monoisotopic (exact) mass is 700 g/mol. The van der Waals surface area contributed by atoms with Crippen molar-refractivity contribution in [1.29, 1.82) is 0 Å². The number of benzene rings is 3. The standard InChI is InChI=1S/C40H37F4N3O4/c1-10-46-25-14-24-22(12-20(25)18(3)16-39(46,5)6)36-31(37(48)45(24)9)28(29-30(38(49)50)33(42)35(44)34(43)32(29)41)23-13-21-19(4)17-40(7,8)47(11-2)26(21)15-27(23)51-36/h12-17H,10-11H2,1-9H3/p+1. The van der Waals surface area contributed by atoms with E-state index in [2.05, 4.69) is 29.7 Å². The first-order chi connectivity index (χ1) is 23.9. The summed E-state index contributed by atoms with van der Waals surface area (Å²) in [5.41, 5.74) is 0.777. The van der Waals surface area contributed by atoms with Crippen LogP contribution in [0.25, 0.3) is 55.5 Å². The van der Waals surface area contributed by atoms with Gasteiger partial charge in [-0.25, -0.2) is 27.2 Å². The van der Waals surface area contributed by atoms with Crippen LogP contribution in [0.4, 0.5) is 28.9 Å². The Morgan fingerprint density at radius 3 is 1.80 bits per heavy atom. The number of carbonyl (C=O) groups is 1. The first kappa shape index (κ1) is 34.3. The second kappa shape index (κ2) is 11.2. The molecule has 0 aliphatic carbocycles. The fraction of sp³-hybridized carbons (Fsp3) is 0.325. The van der Waals surface area contributed by atoms with Crippen molar-refractivity contribution in [3.05, 3.63) is 86.7 Å². The van der Waals surface area contributed by atoms with Crippen LogP contribution >= 0.6 is 0 Å². The maximum Gasteiger partial charge on any atom is 0.424 e. The van der Waals surface area contributed by atoms with Crippen LogP contribution in [0, 0.1) is 23.3 Å². The average molecular weight is 701 g/mol. The van der Waals surface area contributed by atoms with Crippen molar-refractivity contribution in [3.8, 4) is 22.5 Å². The van der Waals surface area contributed by atoms with Gasteiger partial charge in [0.25, 0.3) is 0 Å². The van der Waals surface area contributed by atoms with Crippen molar-refractivity contribution in [2.24, 2.45) is 7.05 Å². The Labute approximate surface area is 292 Å². The Morgan fingerprint density at radius 1 is 0.765 bits per heavy atom. The second-order valence-electron chi connectivity index (χ2n) is 14.6. The maximum atomic E-state index is 16.2. The number of pyridine rings is 1. The number of fused-ring (bicyclic) bond motifs is 6. The van der Waals surface area contributed by atoms with Crippen molar-refractivity contribution < 1.29 is 36.4 Å². The van der Waals surface area contributed by atoms with Crippen LogP contribution in [0.2, 0.25) is 0 Å². The molecule has 0 fully saturated rings. The van der Waals surface area contributed by atoms with Gasteiger partial charge in [0.2, 0.25) is 5.52 Å². The number of nitrogens with zero attached hydrogens (tertiary/aromatic N) is 3. The third-order valence-corrected chi connectivity index (χ3v) is 10.6. The maximum absolute atomic E-state index is 16.2. The minimum absolute atomic E-state index is 0.0287. The van der Waals surface area contributed by atoms with E-state index in [1.807, 2.05) is 59.8 Å². The highest BCUT2D eigenvalue weighted by Crippen LogP contribution is 2.49. The van der Waals surface area contributed by atoms with Crippen LogP contribution < -0.4 is 19.9 Å². The number of rotatable bonds is 4. The predicted octanol–water partition coefficient (Wildman–Crippen LogP) is 8.84. The predicted molar refractivity (Wildman–Crippen MR) is 192 cm³/mol. The Balaban J connectivity index is 1.75. The minimum atomic E-state index is -2.27. The smallest absolute Gasteiger partial charge is 0.424 e. The molecule has 51 heavy (non-hydrogen) atoms. The molecule has 0 spiro atoms. The van der Waals surface area contributed by atoms with Crippen LogP contribution in [0.5, 0.6) is 0 Å². The van der Waals surface area contributed by atoms with Crippen LogP contribution in [0.3, 0.4) is 0 Å². The van der Waals surface area contributed by atoms with E-state index in [0.717, 1.165) is 28.1 Å². The lowest BCUT2D eigenvalue weighted by Crippen LogP contribution is -2.49. The lowest BCUT2D eigenvalue weighted by atomic mass is 9.84. The number of allylic oxidation sites excluding steroid dienone is 2. The van der Waals surface area contributed by atoms with Gasteiger partial charge in [0.15, 0.2) is 29.0 Å². The van der Waals surface area contributed by atoms with Gasteiger partial charge in [-0.2, -0.15) is 4.57 Å². The molecule has 0 radical (unpaired) electrons. The van der Waals surface area contributed by atoms with Crippen molar-refractivity contribution in [1.82, 2.24) is 0 Å². The molecule has 0 amide bonds. The normalized spacial score (nSPS) is 16.4. The van der Waals surface area contributed by atoms with E-state index >= 15 is 13.2 Å². The number of aryl methyl sites for hydroxylation is 1. The molecule has 7 nitrogen and oxygen atoms in total. The first-order valence-corrected chi connectivity index (χ1v) is 16.8. The summed E-state index contributed by atoms with van der Waals surface area (Å²) in [4.78, 5) is 31.5. The Kier molecular flexibility index (Phi) is 7.49. The van der Waals surface area contributed by atoms with E-state index in [1.54, 1.807) is 12.1 Å². The zero-order valence-electron chi connectivity index (χ0n) is 29.9. The zero-order chi connectivity index (χ0) is 37.2. The van der Waals surface area contributed by atoms with Gasteiger partial charge in [0.05, 0.1) is 22.2 Å². The molecule has 1 N–H and O–H groups in total. The summed E-state index contributed by atoms with van der Waals surface area (Å²) in [5.74, 6) is -10.6. The molecule has 4 aliphatic heterocycles. The molecule has 4 heterocycles. The molecule has 4 aliphatic rings. The summed E-state index contributed by atoms with van der Waals surface area (Å²) in [5, 5.41) is 10.6. The molecule has 264 valence electrons. The summed E-state index contributed by atoms with van der Waals surface area (Å²) in [6, 6.07) is 7.08. The molecule has 3 aromatic carbocycles. The van der Waals surface area contributed by atoms with E-state index in [-0.39, 0.29) is 27.8 Å². The lowest BCUT2D eigenvalue weighted by molar-refractivity contribution is -0.658. The number of aromatic nitrogens is 1. The van der Waals surface area contributed by atoms with Crippen molar-refractivity contribution in [2.45, 2.75) is 66.5 Å². The largest absolute Gasteiger partial charge is 0.478 e. The molecule has 0 unspecified atom stereocenters. The van der Waals surface area contributed by atoms with Crippen LogP contribution in [-0.2, 0) is 7.05 Å². The van der Waals surface area contributed by atoms with Gasteiger partial charge in [0.1, 0.15) is 23.8 Å². The van der Waals surface area contributed by atoms with E-state index in [0.29, 0.717) is 29.6 Å². The Bertz CT molecular complexity index is 2500. The molecule has 0 bridgehead atoms. The highest BCUT2D eigenvalue weighted by atomic mass is 19.2. The third kappa shape index (κ3) is 4.66. The lowest BCUT2D eigenvalue weighted by Gasteiger charge is -2.43. The van der Waals surface area contributed by atoms with Gasteiger partial charge in [-0.3, -0.25) is 0 Å². The number of hydrogen-bond donors (Lipinski definition) is 1. The molecule has 0 aromatic heterocycles. The second-order valence-corrected chi connectivity index (χ2v) is 14.6. The summed E-state index contributed by atoms with van der Waals surface area (Å²) in [6.45, 7) is 17.4. The number of hydrogen-bond acceptors (Lipinski definition) is 5. The fourth-order valence-electron chi connectivity index (χ4n) is 8.52. The number of carboxylic acids is 1. The molecule has 0 saturated heterocycles. The number of anilines is 2. The minimum Gasteiger partial charge on any atom is -0.478 e. The number of halogens is 4. The fourth-order valence-corrected chi connectivity index (χ4v) is 8.52. The SMILES string of the molecule is CCN1c2cc3oc4c5cc6c(cc5[n+](C)c(=O)c-4c(-c4c(F)c(F)c(F)c(F)c4C(=O)O)c3cc2C(C)=CC1(C)C)N(CC)C(C)(C)C=C6C. The van der Waals surface area contributed by atoms with E-state index in [1.165, 1.54) is 11.6 Å². The van der Waals surface area contributed by atoms with Crippen molar-refractivity contribution in [3.63, 3.8) is 0 Å². The molecule has 0 saturated carbocycles. The number of likely N-dealkylation sites (N-methyl/N-ethyl adjacent to an activating group) is 2. The van der Waals surface area contributed by atoms with E-state index in [9.17, 15) is 19.1 Å². The van der Waals surface area contributed by atoms with Crippen molar-refractivity contribution in [2.75, 3.05) is 22.9 Å². The summed E-state index contributed by atoms with van der Waals surface area (Å²) in [7, 11) is 1.51. The van der Waals surface area contributed by atoms with Crippen molar-refractivity contribution >= 4 is 50.4 Å². The molecular formula is C40H38F4N3O4+. The average Bonchev–Trinajstić information content (AvgIpc) is 3.05. The molecule has 7 rings (SSSR count). The molecule has 11 heteroatoms. The van der Waals surface area contributed by atoms with Gasteiger partial charge in [0, 0.05) is 58.5 Å². The quantitative estimate of drug-likeness (QED) is 0.0504. The number of aromatic carboxylic acids is 1. The third-order valence-electron chi connectivity index (χ3n) is 10.6. The zero-order valence-corrected chi connectivity index (χ0v) is 29.9. The summed E-state index contributed by atoms with van der Waals surface area (Å²) < 4.78 is 69.5. The molecule has 0 atom stereocenters. The van der Waals surface area contributed by atoms with Gasteiger partial charge >= 0.3 is 11.5 Å². The van der Waals surface area contributed by atoms with Crippen LogP contribution in [0.1, 0.15) is 76.9 Å². The number of carboxylic acid groups (broad SMARTS) is 1. The van der Waals surface area contributed by atoms with Gasteiger partial charge < -0.3 is 19.3 Å². The Morgan fingerprint density at radius 2 is 1.27 bits per heavy atom.